The third kappa shape index (κ3) is 4.75. The Morgan fingerprint density at radius 1 is 1.23 bits per heavy atom. The Balaban J connectivity index is 1.51. The maximum absolute atomic E-state index is 14.1. The predicted molar refractivity (Wildman–Crippen MR) is 106 cm³/mol. The van der Waals surface area contributed by atoms with Crippen LogP contribution in [0.15, 0.2) is 30.6 Å². The van der Waals surface area contributed by atoms with Gasteiger partial charge >= 0.3 is 0 Å². The zero-order valence-electron chi connectivity index (χ0n) is 16.3. The minimum absolute atomic E-state index is 0.0128. The molecule has 0 spiro atoms. The Kier molecular flexibility index (Phi) is 5.97. The molecule has 1 aromatic heterocycles. The molecular weight excluding hydrogens is 417 g/mol. The molecule has 1 aromatic carbocycles. The van der Waals surface area contributed by atoms with Crippen LogP contribution in [0.25, 0.3) is 0 Å². The Labute approximate surface area is 177 Å². The monoisotopic (exact) mass is 438 g/mol. The number of likely N-dealkylation sites (tertiary alicyclic amines) is 1. The molecule has 2 aromatic rings. The molecule has 5 nitrogen and oxygen atoms in total. The standard InChI is InChI=1S/C21H22ClF3N4O/c22-15-2-1-3-16(23)18(15)20(30)28-12-17(29-8-6-21(24,25)7-9-29)14-10-26-19(27-11-14)13-4-5-13/h1-3,10-11,13,17H,4-9,12H2,(H,28,30). The van der Waals surface area contributed by atoms with Crippen LogP contribution < -0.4 is 5.32 Å². The maximum atomic E-state index is 14.1. The molecule has 1 amide bonds. The third-order valence-corrected chi connectivity index (χ3v) is 5.95. The molecule has 2 heterocycles. The zero-order chi connectivity index (χ0) is 21.3. The van der Waals surface area contributed by atoms with Gasteiger partial charge in [0.1, 0.15) is 11.6 Å². The molecule has 0 bridgehead atoms. The number of piperidine rings is 1. The molecule has 1 N–H and O–H groups in total. The van der Waals surface area contributed by atoms with Crippen molar-refractivity contribution in [3.63, 3.8) is 0 Å². The maximum Gasteiger partial charge on any atom is 0.255 e. The van der Waals surface area contributed by atoms with E-state index in [1.54, 1.807) is 12.4 Å². The smallest absolute Gasteiger partial charge is 0.255 e. The van der Waals surface area contributed by atoms with Crippen molar-refractivity contribution in [2.45, 2.75) is 43.6 Å². The number of hydrogen-bond acceptors (Lipinski definition) is 4. The second kappa shape index (κ2) is 8.51. The van der Waals surface area contributed by atoms with Crippen LogP contribution >= 0.6 is 11.6 Å². The fraction of sp³-hybridized carbons (Fsp3) is 0.476. The van der Waals surface area contributed by atoms with Crippen LogP contribution in [0.1, 0.15) is 59.4 Å². The molecule has 9 heteroatoms. The molecule has 30 heavy (non-hydrogen) atoms. The number of halogens is 4. The van der Waals surface area contributed by atoms with Crippen LogP contribution in [0.5, 0.6) is 0 Å². The van der Waals surface area contributed by atoms with Crippen molar-refractivity contribution in [1.82, 2.24) is 20.2 Å². The fourth-order valence-electron chi connectivity index (χ4n) is 3.69. The highest BCUT2D eigenvalue weighted by molar-refractivity contribution is 6.33. The lowest BCUT2D eigenvalue weighted by atomic mass is 10.0. The van der Waals surface area contributed by atoms with Crippen molar-refractivity contribution in [3.8, 4) is 0 Å². The molecule has 1 aliphatic heterocycles. The molecular formula is C21H22ClF3N4O. The van der Waals surface area contributed by atoms with E-state index in [9.17, 15) is 18.0 Å². The van der Waals surface area contributed by atoms with E-state index in [1.807, 2.05) is 4.90 Å². The molecule has 0 radical (unpaired) electrons. The van der Waals surface area contributed by atoms with Crippen LogP contribution in [0.4, 0.5) is 13.2 Å². The topological polar surface area (TPSA) is 58.1 Å². The van der Waals surface area contributed by atoms with Crippen LogP contribution in [-0.2, 0) is 0 Å². The summed E-state index contributed by atoms with van der Waals surface area (Å²) in [6, 6.07) is 3.62. The summed E-state index contributed by atoms with van der Waals surface area (Å²) < 4.78 is 41.3. The summed E-state index contributed by atoms with van der Waals surface area (Å²) in [5.41, 5.74) is 0.493. The lowest BCUT2D eigenvalue weighted by Crippen LogP contribution is -2.45. The average molecular weight is 439 g/mol. The first kappa shape index (κ1) is 21.1. The van der Waals surface area contributed by atoms with E-state index < -0.39 is 23.7 Å². The first-order chi connectivity index (χ1) is 14.3. The van der Waals surface area contributed by atoms with E-state index in [2.05, 4.69) is 15.3 Å². The minimum atomic E-state index is -2.68. The van der Waals surface area contributed by atoms with Crippen LogP contribution in [-0.4, -0.2) is 46.3 Å². The molecule has 4 rings (SSSR count). The molecule has 1 unspecified atom stereocenters. The van der Waals surface area contributed by atoms with Crippen LogP contribution in [0.2, 0.25) is 5.02 Å². The van der Waals surface area contributed by atoms with Gasteiger partial charge in [-0.25, -0.2) is 23.1 Å². The number of rotatable bonds is 6. The number of benzene rings is 1. The molecule has 1 saturated carbocycles. The molecule has 1 atom stereocenters. The number of hydrogen-bond donors (Lipinski definition) is 1. The number of carbonyl (C=O) groups is 1. The highest BCUT2D eigenvalue weighted by atomic mass is 35.5. The summed E-state index contributed by atoms with van der Waals surface area (Å²) in [6.07, 6.45) is 5.03. The predicted octanol–water partition coefficient (Wildman–Crippen LogP) is 4.35. The molecule has 1 saturated heterocycles. The van der Waals surface area contributed by atoms with E-state index in [0.29, 0.717) is 5.92 Å². The first-order valence-corrected chi connectivity index (χ1v) is 10.4. The Bertz CT molecular complexity index is 891. The van der Waals surface area contributed by atoms with Crippen molar-refractivity contribution < 1.29 is 18.0 Å². The Hall–Kier alpha value is -2.19. The minimum Gasteiger partial charge on any atom is -0.350 e. The van der Waals surface area contributed by atoms with Gasteiger partial charge in [-0.05, 0) is 25.0 Å². The molecule has 1 aliphatic carbocycles. The zero-order valence-corrected chi connectivity index (χ0v) is 17.0. The fourth-order valence-corrected chi connectivity index (χ4v) is 3.93. The van der Waals surface area contributed by atoms with Gasteiger partial charge in [0, 0.05) is 56.4 Å². The quantitative estimate of drug-likeness (QED) is 0.728. The highest BCUT2D eigenvalue weighted by Crippen LogP contribution is 2.38. The van der Waals surface area contributed by atoms with Gasteiger partial charge in [0.2, 0.25) is 0 Å². The second-order valence-electron chi connectivity index (χ2n) is 7.86. The Morgan fingerprint density at radius 3 is 2.50 bits per heavy atom. The van der Waals surface area contributed by atoms with Crippen molar-refractivity contribution in [2.75, 3.05) is 19.6 Å². The van der Waals surface area contributed by atoms with Crippen LogP contribution in [0.3, 0.4) is 0 Å². The molecule has 160 valence electrons. The number of alkyl halides is 2. The molecule has 2 fully saturated rings. The summed E-state index contributed by atoms with van der Waals surface area (Å²) in [7, 11) is 0. The van der Waals surface area contributed by atoms with Gasteiger partial charge in [-0.15, -0.1) is 0 Å². The largest absolute Gasteiger partial charge is 0.350 e. The van der Waals surface area contributed by atoms with E-state index in [4.69, 9.17) is 11.6 Å². The number of amides is 1. The van der Waals surface area contributed by atoms with Gasteiger partial charge in [0.25, 0.3) is 11.8 Å². The van der Waals surface area contributed by atoms with Crippen molar-refractivity contribution in [1.29, 1.82) is 0 Å². The average Bonchev–Trinajstić information content (AvgIpc) is 3.55. The summed E-state index contributed by atoms with van der Waals surface area (Å²) in [6.45, 7) is 0.456. The van der Waals surface area contributed by atoms with Gasteiger partial charge in [0.15, 0.2) is 0 Å². The van der Waals surface area contributed by atoms with Crippen molar-refractivity contribution in [3.05, 3.63) is 58.4 Å². The van der Waals surface area contributed by atoms with E-state index in [-0.39, 0.29) is 43.1 Å². The summed E-state index contributed by atoms with van der Waals surface area (Å²) in [5, 5.41) is 2.71. The van der Waals surface area contributed by atoms with Gasteiger partial charge in [-0.1, -0.05) is 17.7 Å². The Morgan fingerprint density at radius 2 is 1.90 bits per heavy atom. The lowest BCUT2D eigenvalue weighted by Gasteiger charge is -2.37. The molecule has 2 aliphatic rings. The van der Waals surface area contributed by atoms with Gasteiger partial charge in [0.05, 0.1) is 16.6 Å². The number of nitrogens with one attached hydrogen (secondary N) is 1. The van der Waals surface area contributed by atoms with E-state index >= 15 is 0 Å². The van der Waals surface area contributed by atoms with Gasteiger partial charge < -0.3 is 5.32 Å². The third-order valence-electron chi connectivity index (χ3n) is 5.64. The number of carbonyl (C=O) groups excluding carboxylic acids is 1. The van der Waals surface area contributed by atoms with Crippen LogP contribution in [0, 0.1) is 5.82 Å². The van der Waals surface area contributed by atoms with Crippen molar-refractivity contribution in [2.24, 2.45) is 0 Å². The summed E-state index contributed by atoms with van der Waals surface area (Å²) >= 11 is 5.98. The normalized spacial score (nSPS) is 20.0. The second-order valence-corrected chi connectivity index (χ2v) is 8.27. The van der Waals surface area contributed by atoms with Crippen molar-refractivity contribution >= 4 is 17.5 Å². The first-order valence-electron chi connectivity index (χ1n) is 10.00. The SMILES string of the molecule is O=C(NCC(c1cnc(C2CC2)nc1)N1CCC(F)(F)CC1)c1c(F)cccc1Cl. The number of nitrogens with zero attached hydrogens (tertiary/aromatic N) is 3. The summed E-state index contributed by atoms with van der Waals surface area (Å²) in [5.74, 6) is -2.87. The van der Waals surface area contributed by atoms with E-state index in [1.165, 1.54) is 12.1 Å². The number of aromatic nitrogens is 2. The lowest BCUT2D eigenvalue weighted by molar-refractivity contribution is -0.0632. The van der Waals surface area contributed by atoms with Gasteiger partial charge in [-0.3, -0.25) is 9.69 Å². The van der Waals surface area contributed by atoms with Gasteiger partial charge in [-0.2, -0.15) is 0 Å². The summed E-state index contributed by atoms with van der Waals surface area (Å²) in [4.78, 5) is 23.3. The van der Waals surface area contributed by atoms with E-state index in [0.717, 1.165) is 30.3 Å². The highest BCUT2D eigenvalue weighted by Gasteiger charge is 2.37.